The van der Waals surface area contributed by atoms with Gasteiger partial charge in [0.15, 0.2) is 11.5 Å². The average Bonchev–Trinajstić information content (AvgIpc) is 2.92. The van der Waals surface area contributed by atoms with Crippen molar-refractivity contribution in [3.63, 3.8) is 0 Å². The van der Waals surface area contributed by atoms with Crippen molar-refractivity contribution >= 4 is 5.91 Å². The minimum atomic E-state index is 0.0850. The molecule has 0 radical (unpaired) electrons. The minimum absolute atomic E-state index is 0.0850. The first-order valence-corrected chi connectivity index (χ1v) is 7.58. The third-order valence-electron chi connectivity index (χ3n) is 4.04. The highest BCUT2D eigenvalue weighted by Gasteiger charge is 2.18. The van der Waals surface area contributed by atoms with E-state index in [0.717, 1.165) is 30.2 Å². The van der Waals surface area contributed by atoms with Gasteiger partial charge in [-0.15, -0.1) is 0 Å². The molecule has 0 aromatic heterocycles. The standard InChI is InChI=1S/C16H22N2O3/c1-12-3-2-6-18(9-12)10-16(19)17-8-13-4-5-14-15(7-13)21-11-20-14/h4-5,7,12H,2-3,6,8-11H2,1H3,(H,17,19)/t12-/m1/s1. The highest BCUT2D eigenvalue weighted by Crippen LogP contribution is 2.32. The molecule has 1 amide bonds. The number of nitrogens with one attached hydrogen (secondary N) is 1. The molecule has 1 atom stereocenters. The van der Waals surface area contributed by atoms with Crippen molar-refractivity contribution in [3.05, 3.63) is 23.8 Å². The lowest BCUT2D eigenvalue weighted by Gasteiger charge is -2.30. The molecule has 2 aliphatic heterocycles. The van der Waals surface area contributed by atoms with Gasteiger partial charge >= 0.3 is 0 Å². The zero-order valence-corrected chi connectivity index (χ0v) is 12.4. The molecular formula is C16H22N2O3. The Morgan fingerprint density at radius 3 is 3.10 bits per heavy atom. The highest BCUT2D eigenvalue weighted by molar-refractivity contribution is 5.78. The second-order valence-corrected chi connectivity index (χ2v) is 5.95. The summed E-state index contributed by atoms with van der Waals surface area (Å²) in [5, 5.41) is 2.98. The maximum Gasteiger partial charge on any atom is 0.234 e. The van der Waals surface area contributed by atoms with Crippen LogP contribution in [0.15, 0.2) is 18.2 Å². The quantitative estimate of drug-likeness (QED) is 0.918. The Morgan fingerprint density at radius 1 is 1.38 bits per heavy atom. The molecule has 0 unspecified atom stereocenters. The van der Waals surface area contributed by atoms with E-state index in [1.54, 1.807) is 0 Å². The number of benzene rings is 1. The number of carbonyl (C=O) groups excluding carboxylic acids is 1. The summed E-state index contributed by atoms with van der Waals surface area (Å²) in [5.74, 6) is 2.31. The number of hydrogen-bond donors (Lipinski definition) is 1. The second-order valence-electron chi connectivity index (χ2n) is 5.95. The van der Waals surface area contributed by atoms with Crippen LogP contribution in [-0.2, 0) is 11.3 Å². The van der Waals surface area contributed by atoms with Crippen LogP contribution in [-0.4, -0.2) is 37.2 Å². The average molecular weight is 290 g/mol. The van der Waals surface area contributed by atoms with Crippen LogP contribution >= 0.6 is 0 Å². The van der Waals surface area contributed by atoms with Gasteiger partial charge in [-0.25, -0.2) is 0 Å². The van der Waals surface area contributed by atoms with Crippen LogP contribution in [0.5, 0.6) is 11.5 Å². The smallest absolute Gasteiger partial charge is 0.234 e. The molecule has 0 saturated carbocycles. The lowest BCUT2D eigenvalue weighted by molar-refractivity contribution is -0.122. The van der Waals surface area contributed by atoms with E-state index in [0.29, 0.717) is 19.0 Å². The minimum Gasteiger partial charge on any atom is -0.454 e. The summed E-state index contributed by atoms with van der Waals surface area (Å²) in [4.78, 5) is 14.3. The van der Waals surface area contributed by atoms with Crippen LogP contribution in [0.3, 0.4) is 0 Å². The number of ether oxygens (including phenoxy) is 2. The third-order valence-corrected chi connectivity index (χ3v) is 4.04. The van der Waals surface area contributed by atoms with Gasteiger partial charge in [0.05, 0.1) is 6.54 Å². The Kier molecular flexibility index (Phi) is 4.29. The van der Waals surface area contributed by atoms with Gasteiger partial charge < -0.3 is 14.8 Å². The summed E-state index contributed by atoms with van der Waals surface area (Å²) >= 11 is 0. The van der Waals surface area contributed by atoms with Crippen molar-refractivity contribution in [2.45, 2.75) is 26.3 Å². The number of hydrogen-bond acceptors (Lipinski definition) is 4. The molecule has 2 heterocycles. The Bertz CT molecular complexity index is 518. The summed E-state index contributed by atoms with van der Waals surface area (Å²) in [6, 6.07) is 5.76. The van der Waals surface area contributed by atoms with E-state index >= 15 is 0 Å². The SMILES string of the molecule is C[C@@H]1CCCN(CC(=O)NCc2ccc3c(c2)OCO3)C1. The van der Waals surface area contributed by atoms with Crippen LogP contribution in [0, 0.1) is 5.92 Å². The van der Waals surface area contributed by atoms with E-state index < -0.39 is 0 Å². The molecule has 0 aliphatic carbocycles. The van der Waals surface area contributed by atoms with Gasteiger partial charge in [0.1, 0.15) is 0 Å². The molecule has 5 nitrogen and oxygen atoms in total. The van der Waals surface area contributed by atoms with E-state index in [-0.39, 0.29) is 12.7 Å². The first kappa shape index (κ1) is 14.2. The van der Waals surface area contributed by atoms with Crippen molar-refractivity contribution in [2.75, 3.05) is 26.4 Å². The summed E-state index contributed by atoms with van der Waals surface area (Å²) in [6.45, 7) is 5.60. The van der Waals surface area contributed by atoms with Gasteiger partial charge in [-0.3, -0.25) is 9.69 Å². The first-order valence-electron chi connectivity index (χ1n) is 7.58. The van der Waals surface area contributed by atoms with E-state index in [1.165, 1.54) is 12.8 Å². The van der Waals surface area contributed by atoms with Crippen LogP contribution < -0.4 is 14.8 Å². The molecule has 1 saturated heterocycles. The van der Waals surface area contributed by atoms with Crippen LogP contribution in [0.2, 0.25) is 0 Å². The number of carbonyl (C=O) groups is 1. The molecule has 1 aromatic carbocycles. The van der Waals surface area contributed by atoms with Gasteiger partial charge in [0.25, 0.3) is 0 Å². The fourth-order valence-corrected chi connectivity index (χ4v) is 2.94. The Hall–Kier alpha value is -1.75. The zero-order chi connectivity index (χ0) is 14.7. The van der Waals surface area contributed by atoms with Crippen LogP contribution in [0.4, 0.5) is 0 Å². The lowest BCUT2D eigenvalue weighted by Crippen LogP contribution is -2.41. The zero-order valence-electron chi connectivity index (χ0n) is 12.4. The van der Waals surface area contributed by atoms with Gasteiger partial charge in [0, 0.05) is 13.1 Å². The van der Waals surface area contributed by atoms with Crippen LogP contribution in [0.1, 0.15) is 25.3 Å². The predicted octanol–water partition coefficient (Wildman–Crippen LogP) is 1.76. The van der Waals surface area contributed by atoms with Crippen molar-refractivity contribution < 1.29 is 14.3 Å². The Balaban J connectivity index is 1.47. The maximum absolute atomic E-state index is 12.0. The molecule has 1 aromatic rings. The monoisotopic (exact) mass is 290 g/mol. The van der Waals surface area contributed by atoms with E-state index in [4.69, 9.17) is 9.47 Å². The van der Waals surface area contributed by atoms with Crippen molar-refractivity contribution in [3.8, 4) is 11.5 Å². The Labute approximate surface area is 125 Å². The number of amides is 1. The number of fused-ring (bicyclic) bond motifs is 1. The number of piperidine rings is 1. The number of nitrogens with zero attached hydrogens (tertiary/aromatic N) is 1. The summed E-state index contributed by atoms with van der Waals surface area (Å²) in [5.41, 5.74) is 1.03. The number of rotatable bonds is 4. The second kappa shape index (κ2) is 6.35. The lowest BCUT2D eigenvalue weighted by atomic mass is 10.0. The highest BCUT2D eigenvalue weighted by atomic mass is 16.7. The molecule has 21 heavy (non-hydrogen) atoms. The molecule has 1 N–H and O–H groups in total. The Morgan fingerprint density at radius 2 is 2.24 bits per heavy atom. The molecule has 1 fully saturated rings. The van der Waals surface area contributed by atoms with Crippen LogP contribution in [0.25, 0.3) is 0 Å². The number of likely N-dealkylation sites (tertiary alicyclic amines) is 1. The summed E-state index contributed by atoms with van der Waals surface area (Å²) in [7, 11) is 0. The summed E-state index contributed by atoms with van der Waals surface area (Å²) in [6.07, 6.45) is 2.46. The topological polar surface area (TPSA) is 50.8 Å². The molecule has 114 valence electrons. The fourth-order valence-electron chi connectivity index (χ4n) is 2.94. The van der Waals surface area contributed by atoms with E-state index in [9.17, 15) is 4.79 Å². The van der Waals surface area contributed by atoms with E-state index in [2.05, 4.69) is 17.1 Å². The summed E-state index contributed by atoms with van der Waals surface area (Å²) < 4.78 is 10.6. The molecule has 5 heteroatoms. The van der Waals surface area contributed by atoms with Gasteiger partial charge in [-0.2, -0.15) is 0 Å². The first-order chi connectivity index (χ1) is 10.2. The molecule has 0 spiro atoms. The third kappa shape index (κ3) is 3.67. The van der Waals surface area contributed by atoms with Crippen molar-refractivity contribution in [2.24, 2.45) is 5.92 Å². The molecular weight excluding hydrogens is 268 g/mol. The van der Waals surface area contributed by atoms with Gasteiger partial charge in [-0.1, -0.05) is 13.0 Å². The molecule has 0 bridgehead atoms. The van der Waals surface area contributed by atoms with Gasteiger partial charge in [0.2, 0.25) is 12.7 Å². The van der Waals surface area contributed by atoms with Gasteiger partial charge in [-0.05, 0) is 43.0 Å². The fraction of sp³-hybridized carbons (Fsp3) is 0.562. The van der Waals surface area contributed by atoms with Crippen molar-refractivity contribution in [1.29, 1.82) is 0 Å². The largest absolute Gasteiger partial charge is 0.454 e. The molecule has 2 aliphatic rings. The maximum atomic E-state index is 12.0. The predicted molar refractivity (Wildman–Crippen MR) is 79.2 cm³/mol. The van der Waals surface area contributed by atoms with Crippen molar-refractivity contribution in [1.82, 2.24) is 10.2 Å². The normalized spacial score (nSPS) is 21.3. The molecule has 3 rings (SSSR count). The van der Waals surface area contributed by atoms with E-state index in [1.807, 2.05) is 18.2 Å².